The van der Waals surface area contributed by atoms with E-state index in [1.54, 1.807) is 11.3 Å². The lowest BCUT2D eigenvalue weighted by Gasteiger charge is -2.17. The standard InChI is InChI=1S/C26H31N5O2S/c1-3-18(16-32)13-14-27-24-23(25-30-20-11-7-8-12-22(20)34-25)17(2)29-26(31-24)28-15-21(33)19-9-5-4-6-10-19/h4-12,18,21,32-33H,3,13-16H2,1-2H3,(H2,27,28,29,31). The highest BCUT2D eigenvalue weighted by Crippen LogP contribution is 2.36. The molecule has 0 fully saturated rings. The lowest BCUT2D eigenvalue weighted by Crippen LogP contribution is -2.17. The van der Waals surface area contributed by atoms with Crippen LogP contribution in [-0.4, -0.2) is 44.9 Å². The van der Waals surface area contributed by atoms with Crippen LogP contribution in [0.2, 0.25) is 0 Å². The van der Waals surface area contributed by atoms with Crippen LogP contribution in [0.1, 0.15) is 37.1 Å². The van der Waals surface area contributed by atoms with Crippen molar-refractivity contribution >= 4 is 33.3 Å². The summed E-state index contributed by atoms with van der Waals surface area (Å²) in [5.74, 6) is 1.41. The van der Waals surface area contributed by atoms with E-state index in [1.165, 1.54) is 0 Å². The Labute approximate surface area is 203 Å². The fraction of sp³-hybridized carbons (Fsp3) is 0.346. The first kappa shape index (κ1) is 24.1. The molecule has 2 unspecified atom stereocenters. The number of aliphatic hydroxyl groups excluding tert-OH is 2. The molecule has 2 aromatic carbocycles. The Bertz CT molecular complexity index is 1180. The van der Waals surface area contributed by atoms with Crippen molar-refractivity contribution < 1.29 is 10.2 Å². The molecule has 8 heteroatoms. The van der Waals surface area contributed by atoms with E-state index in [4.69, 9.17) is 9.97 Å². The zero-order valence-electron chi connectivity index (χ0n) is 19.5. The third kappa shape index (κ3) is 5.70. The molecule has 4 N–H and O–H groups in total. The van der Waals surface area contributed by atoms with Gasteiger partial charge in [0.2, 0.25) is 5.95 Å². The number of hydrogen-bond acceptors (Lipinski definition) is 8. The molecule has 0 aliphatic heterocycles. The van der Waals surface area contributed by atoms with Gasteiger partial charge in [0.1, 0.15) is 10.8 Å². The van der Waals surface area contributed by atoms with E-state index in [2.05, 4.69) is 28.6 Å². The number of aromatic nitrogens is 3. The van der Waals surface area contributed by atoms with Gasteiger partial charge in [-0.1, -0.05) is 55.8 Å². The summed E-state index contributed by atoms with van der Waals surface area (Å²) in [4.78, 5) is 14.3. The number of rotatable bonds is 11. The summed E-state index contributed by atoms with van der Waals surface area (Å²) in [6.07, 6.45) is 1.10. The molecule has 34 heavy (non-hydrogen) atoms. The molecule has 0 amide bonds. The van der Waals surface area contributed by atoms with Crippen LogP contribution < -0.4 is 10.6 Å². The molecule has 0 radical (unpaired) electrons. The molecular weight excluding hydrogens is 446 g/mol. The Morgan fingerprint density at radius 1 is 0.971 bits per heavy atom. The fourth-order valence-corrected chi connectivity index (χ4v) is 4.88. The van der Waals surface area contributed by atoms with Crippen LogP contribution in [0.15, 0.2) is 54.6 Å². The summed E-state index contributed by atoms with van der Waals surface area (Å²) in [6.45, 7) is 5.19. The number of nitrogens with one attached hydrogen (secondary N) is 2. The van der Waals surface area contributed by atoms with Crippen molar-refractivity contribution in [1.29, 1.82) is 0 Å². The number of para-hydroxylation sites is 1. The molecule has 2 aromatic heterocycles. The van der Waals surface area contributed by atoms with Crippen molar-refractivity contribution in [1.82, 2.24) is 15.0 Å². The lowest BCUT2D eigenvalue weighted by atomic mass is 10.0. The molecular formula is C26H31N5O2S. The number of benzene rings is 2. The number of fused-ring (bicyclic) bond motifs is 1. The SMILES string of the molecule is CCC(CO)CCNc1nc(NCC(O)c2ccccc2)nc(C)c1-c1nc2ccccc2s1. The summed E-state index contributed by atoms with van der Waals surface area (Å²) < 4.78 is 1.11. The maximum absolute atomic E-state index is 10.5. The highest BCUT2D eigenvalue weighted by Gasteiger charge is 2.18. The Kier molecular flexibility index (Phi) is 8.05. The minimum Gasteiger partial charge on any atom is -0.396 e. The molecule has 0 bridgehead atoms. The Morgan fingerprint density at radius 2 is 1.74 bits per heavy atom. The molecule has 0 spiro atoms. The third-order valence-corrected chi connectivity index (χ3v) is 6.97. The van der Waals surface area contributed by atoms with Gasteiger partial charge in [0, 0.05) is 19.7 Å². The van der Waals surface area contributed by atoms with Gasteiger partial charge in [0.25, 0.3) is 0 Å². The minimum absolute atomic E-state index is 0.176. The van der Waals surface area contributed by atoms with E-state index in [9.17, 15) is 10.2 Å². The number of aliphatic hydroxyl groups is 2. The van der Waals surface area contributed by atoms with Crippen LogP contribution in [0.3, 0.4) is 0 Å². The molecule has 4 aromatic rings. The number of hydrogen-bond donors (Lipinski definition) is 4. The minimum atomic E-state index is -0.666. The molecule has 2 atom stereocenters. The number of thiazole rings is 1. The summed E-state index contributed by atoms with van der Waals surface area (Å²) in [5, 5.41) is 27.6. The van der Waals surface area contributed by atoms with Crippen molar-refractivity contribution in [3.63, 3.8) is 0 Å². The summed E-state index contributed by atoms with van der Waals surface area (Å²) in [6, 6.07) is 17.6. The average Bonchev–Trinajstić information content (AvgIpc) is 3.29. The summed E-state index contributed by atoms with van der Waals surface area (Å²) >= 11 is 1.62. The predicted molar refractivity (Wildman–Crippen MR) is 139 cm³/mol. The fourth-order valence-electron chi connectivity index (χ4n) is 3.82. The normalized spacial score (nSPS) is 13.1. The van der Waals surface area contributed by atoms with Crippen molar-refractivity contribution in [3.8, 4) is 10.6 Å². The van der Waals surface area contributed by atoms with Gasteiger partial charge in [-0.05, 0) is 37.0 Å². The molecule has 0 aliphatic rings. The average molecular weight is 478 g/mol. The molecule has 178 valence electrons. The Morgan fingerprint density at radius 3 is 2.47 bits per heavy atom. The van der Waals surface area contributed by atoms with E-state index >= 15 is 0 Å². The van der Waals surface area contributed by atoms with Gasteiger partial charge >= 0.3 is 0 Å². The molecule has 4 rings (SSSR count). The molecule has 0 saturated heterocycles. The Balaban J connectivity index is 1.60. The first-order chi connectivity index (χ1) is 16.6. The zero-order valence-corrected chi connectivity index (χ0v) is 20.3. The smallest absolute Gasteiger partial charge is 0.225 e. The Hall–Kier alpha value is -3.07. The quantitative estimate of drug-likeness (QED) is 0.240. The van der Waals surface area contributed by atoms with Crippen molar-refractivity contribution in [2.75, 3.05) is 30.3 Å². The van der Waals surface area contributed by atoms with E-state index in [0.717, 1.165) is 44.9 Å². The summed E-state index contributed by atoms with van der Waals surface area (Å²) in [5.41, 5.74) is 3.48. The second-order valence-electron chi connectivity index (χ2n) is 8.32. The van der Waals surface area contributed by atoms with Crippen LogP contribution >= 0.6 is 11.3 Å². The van der Waals surface area contributed by atoms with Gasteiger partial charge in [0.15, 0.2) is 0 Å². The van der Waals surface area contributed by atoms with Gasteiger partial charge in [-0.3, -0.25) is 0 Å². The maximum atomic E-state index is 10.5. The molecule has 0 saturated carbocycles. The van der Waals surface area contributed by atoms with Crippen molar-refractivity contribution in [2.45, 2.75) is 32.8 Å². The maximum Gasteiger partial charge on any atom is 0.225 e. The van der Waals surface area contributed by atoms with Crippen molar-refractivity contribution in [3.05, 3.63) is 65.9 Å². The van der Waals surface area contributed by atoms with Crippen LogP contribution in [-0.2, 0) is 0 Å². The zero-order chi connectivity index (χ0) is 23.9. The number of anilines is 2. The summed E-state index contributed by atoms with van der Waals surface area (Å²) in [7, 11) is 0. The monoisotopic (exact) mass is 477 g/mol. The molecule has 7 nitrogen and oxygen atoms in total. The van der Waals surface area contributed by atoms with Crippen LogP contribution in [0.4, 0.5) is 11.8 Å². The van der Waals surface area contributed by atoms with Gasteiger partial charge < -0.3 is 20.8 Å². The van der Waals surface area contributed by atoms with E-state index in [1.807, 2.05) is 55.5 Å². The second kappa shape index (κ2) is 11.4. The largest absolute Gasteiger partial charge is 0.396 e. The second-order valence-corrected chi connectivity index (χ2v) is 9.35. The van der Waals surface area contributed by atoms with Crippen LogP contribution in [0.25, 0.3) is 20.8 Å². The highest BCUT2D eigenvalue weighted by molar-refractivity contribution is 7.21. The van der Waals surface area contributed by atoms with Gasteiger partial charge in [0.05, 0.1) is 27.6 Å². The topological polar surface area (TPSA) is 103 Å². The van der Waals surface area contributed by atoms with E-state index < -0.39 is 6.10 Å². The van der Waals surface area contributed by atoms with Crippen LogP contribution in [0.5, 0.6) is 0 Å². The third-order valence-electron chi connectivity index (χ3n) is 5.92. The lowest BCUT2D eigenvalue weighted by molar-refractivity contribution is 0.191. The van der Waals surface area contributed by atoms with Gasteiger partial charge in [-0.2, -0.15) is 4.98 Å². The van der Waals surface area contributed by atoms with Gasteiger partial charge in [-0.25, -0.2) is 9.97 Å². The van der Waals surface area contributed by atoms with Crippen LogP contribution in [0, 0.1) is 12.8 Å². The first-order valence-electron chi connectivity index (χ1n) is 11.6. The van der Waals surface area contributed by atoms with E-state index in [-0.39, 0.29) is 12.5 Å². The van der Waals surface area contributed by atoms with Gasteiger partial charge in [-0.15, -0.1) is 11.3 Å². The van der Waals surface area contributed by atoms with E-state index in [0.29, 0.717) is 24.9 Å². The highest BCUT2D eigenvalue weighted by atomic mass is 32.1. The number of nitrogens with zero attached hydrogens (tertiary/aromatic N) is 3. The number of aryl methyl sites for hydroxylation is 1. The van der Waals surface area contributed by atoms with Crippen molar-refractivity contribution in [2.24, 2.45) is 5.92 Å². The first-order valence-corrected chi connectivity index (χ1v) is 12.5. The predicted octanol–water partition coefficient (Wildman–Crippen LogP) is 5.03. The molecule has 2 heterocycles. The molecule has 0 aliphatic carbocycles.